The molecule has 0 saturated carbocycles. The molecule has 0 aromatic carbocycles. The van der Waals surface area contributed by atoms with Crippen LogP contribution in [0.1, 0.15) is 38.1 Å². The van der Waals surface area contributed by atoms with Crippen LogP contribution in [0.4, 0.5) is 0 Å². The van der Waals surface area contributed by atoms with Crippen LogP contribution in [-0.2, 0) is 12.8 Å². The fourth-order valence-corrected chi connectivity index (χ4v) is 3.40. The Bertz CT molecular complexity index is 585. The number of aromatic carboxylic acids is 1. The number of aromatic nitrogens is 2. The van der Waals surface area contributed by atoms with Crippen molar-refractivity contribution in [3.8, 4) is 0 Å². The first-order chi connectivity index (χ1) is 8.15. The van der Waals surface area contributed by atoms with Crippen molar-refractivity contribution in [1.29, 1.82) is 0 Å². The average molecular weight is 248 g/mol. The van der Waals surface area contributed by atoms with Gasteiger partial charge >= 0.3 is 5.97 Å². The van der Waals surface area contributed by atoms with E-state index < -0.39 is 5.97 Å². The molecule has 2 aromatic heterocycles. The Labute approximate surface area is 102 Å². The Balaban J connectivity index is 1.90. The summed E-state index contributed by atoms with van der Waals surface area (Å²) in [7, 11) is 0. The molecule has 0 radical (unpaired) electrons. The summed E-state index contributed by atoms with van der Waals surface area (Å²) in [6, 6.07) is 2.19. The van der Waals surface area contributed by atoms with Crippen molar-refractivity contribution in [3.63, 3.8) is 0 Å². The van der Waals surface area contributed by atoms with E-state index in [9.17, 15) is 4.79 Å². The number of hydrogen-bond acceptors (Lipinski definition) is 3. The maximum Gasteiger partial charge on any atom is 0.356 e. The predicted octanol–water partition coefficient (Wildman–Crippen LogP) is 2.36. The molecule has 2 aromatic rings. The van der Waals surface area contributed by atoms with Crippen molar-refractivity contribution in [3.05, 3.63) is 38.8 Å². The Morgan fingerprint density at radius 1 is 1.59 bits per heavy atom. The van der Waals surface area contributed by atoms with Crippen molar-refractivity contribution in [2.75, 3.05) is 0 Å². The van der Waals surface area contributed by atoms with E-state index in [1.54, 1.807) is 11.3 Å². The number of rotatable bonds is 2. The fraction of sp³-hybridized carbons (Fsp3) is 0.333. The van der Waals surface area contributed by atoms with E-state index in [-0.39, 0.29) is 5.69 Å². The van der Waals surface area contributed by atoms with E-state index in [2.05, 4.69) is 28.6 Å². The lowest BCUT2D eigenvalue weighted by molar-refractivity contribution is 0.0689. The minimum absolute atomic E-state index is 0.191. The maximum absolute atomic E-state index is 11.0. The summed E-state index contributed by atoms with van der Waals surface area (Å²) < 4.78 is 0. The highest BCUT2D eigenvalue weighted by molar-refractivity contribution is 7.10. The molecule has 88 valence electrons. The summed E-state index contributed by atoms with van der Waals surface area (Å²) in [6.45, 7) is 2.08. The zero-order valence-electron chi connectivity index (χ0n) is 9.36. The van der Waals surface area contributed by atoms with Gasteiger partial charge in [-0.05, 0) is 36.8 Å². The molecule has 0 aliphatic heterocycles. The molecular weight excluding hydrogens is 236 g/mol. The van der Waals surface area contributed by atoms with Crippen molar-refractivity contribution in [2.45, 2.75) is 25.7 Å². The molecule has 2 heterocycles. The van der Waals surface area contributed by atoms with Gasteiger partial charge in [-0.15, -0.1) is 11.3 Å². The van der Waals surface area contributed by atoms with Gasteiger partial charge in [0, 0.05) is 22.1 Å². The second kappa shape index (κ2) is 3.70. The van der Waals surface area contributed by atoms with Crippen LogP contribution in [0.5, 0.6) is 0 Å². The molecule has 0 bridgehead atoms. The predicted molar refractivity (Wildman–Crippen MR) is 64.8 cm³/mol. The molecule has 4 nitrogen and oxygen atoms in total. The summed E-state index contributed by atoms with van der Waals surface area (Å²) in [5, 5.41) is 17.9. The first-order valence-electron chi connectivity index (χ1n) is 5.49. The zero-order chi connectivity index (χ0) is 12.0. The van der Waals surface area contributed by atoms with Gasteiger partial charge in [-0.25, -0.2) is 4.79 Å². The van der Waals surface area contributed by atoms with Gasteiger partial charge in [-0.3, -0.25) is 5.10 Å². The topological polar surface area (TPSA) is 66.0 Å². The van der Waals surface area contributed by atoms with Gasteiger partial charge in [0.1, 0.15) is 0 Å². The van der Waals surface area contributed by atoms with Crippen LogP contribution in [-0.4, -0.2) is 21.3 Å². The Hall–Kier alpha value is -1.62. The zero-order valence-corrected chi connectivity index (χ0v) is 10.2. The monoisotopic (exact) mass is 248 g/mol. The molecule has 0 spiro atoms. The summed E-state index contributed by atoms with van der Waals surface area (Å²) in [4.78, 5) is 12.3. The Morgan fingerprint density at radius 2 is 2.41 bits per heavy atom. The van der Waals surface area contributed by atoms with Crippen LogP contribution >= 0.6 is 11.3 Å². The SMILES string of the molecule is Cc1csc(C2Cc3[nH]nc(C(=O)O)c3C2)c1. The highest BCUT2D eigenvalue weighted by Crippen LogP contribution is 2.37. The number of aromatic amines is 1. The third-order valence-corrected chi connectivity index (χ3v) is 4.42. The van der Waals surface area contributed by atoms with Crippen LogP contribution in [0, 0.1) is 6.92 Å². The smallest absolute Gasteiger partial charge is 0.356 e. The van der Waals surface area contributed by atoms with E-state index in [4.69, 9.17) is 5.11 Å². The third kappa shape index (κ3) is 1.67. The van der Waals surface area contributed by atoms with E-state index >= 15 is 0 Å². The lowest BCUT2D eigenvalue weighted by atomic mass is 10.0. The molecular formula is C12H12N2O2S. The lowest BCUT2D eigenvalue weighted by Gasteiger charge is -2.05. The molecule has 1 atom stereocenters. The average Bonchev–Trinajstić information content (AvgIpc) is 2.89. The van der Waals surface area contributed by atoms with Crippen LogP contribution < -0.4 is 0 Å². The van der Waals surface area contributed by atoms with E-state index in [0.29, 0.717) is 5.92 Å². The first-order valence-corrected chi connectivity index (χ1v) is 6.37. The quantitative estimate of drug-likeness (QED) is 0.857. The normalized spacial score (nSPS) is 18.3. The molecule has 1 aliphatic carbocycles. The van der Waals surface area contributed by atoms with Gasteiger partial charge in [-0.1, -0.05) is 0 Å². The van der Waals surface area contributed by atoms with Crippen LogP contribution in [0.25, 0.3) is 0 Å². The van der Waals surface area contributed by atoms with E-state index in [0.717, 1.165) is 24.1 Å². The van der Waals surface area contributed by atoms with Gasteiger partial charge < -0.3 is 5.11 Å². The molecule has 0 fully saturated rings. The van der Waals surface area contributed by atoms with Crippen molar-refractivity contribution in [2.24, 2.45) is 0 Å². The number of H-pyrrole nitrogens is 1. The van der Waals surface area contributed by atoms with Crippen molar-refractivity contribution in [1.82, 2.24) is 10.2 Å². The lowest BCUT2D eigenvalue weighted by Crippen LogP contribution is -2.03. The number of carboxylic acids is 1. The number of carboxylic acid groups (broad SMARTS) is 1. The van der Waals surface area contributed by atoms with Gasteiger partial charge in [0.05, 0.1) is 0 Å². The summed E-state index contributed by atoms with van der Waals surface area (Å²) in [5.41, 5.74) is 3.33. The molecule has 3 rings (SSSR count). The molecule has 5 heteroatoms. The van der Waals surface area contributed by atoms with Crippen molar-refractivity contribution >= 4 is 17.3 Å². The van der Waals surface area contributed by atoms with Crippen LogP contribution in [0.3, 0.4) is 0 Å². The number of hydrogen-bond donors (Lipinski definition) is 2. The standard InChI is InChI=1S/C12H12N2O2S/c1-6-2-10(17-5-6)7-3-8-9(4-7)13-14-11(8)12(15)16/h2,5,7H,3-4H2,1H3,(H,13,14)(H,15,16). The molecule has 1 unspecified atom stereocenters. The first kappa shape index (κ1) is 10.5. The molecule has 0 amide bonds. The maximum atomic E-state index is 11.0. The number of fused-ring (bicyclic) bond motifs is 1. The van der Waals surface area contributed by atoms with E-state index in [1.165, 1.54) is 10.4 Å². The van der Waals surface area contributed by atoms with Gasteiger partial charge in [0.25, 0.3) is 0 Å². The third-order valence-electron chi connectivity index (χ3n) is 3.21. The van der Waals surface area contributed by atoms with Crippen molar-refractivity contribution < 1.29 is 9.90 Å². The minimum atomic E-state index is -0.939. The Kier molecular flexibility index (Phi) is 2.29. The van der Waals surface area contributed by atoms with Gasteiger partial charge in [0.15, 0.2) is 5.69 Å². The fourth-order valence-electron chi connectivity index (χ4n) is 2.40. The summed E-state index contributed by atoms with van der Waals surface area (Å²) >= 11 is 1.75. The second-order valence-corrected chi connectivity index (χ2v) is 5.41. The molecule has 1 aliphatic rings. The number of nitrogens with zero attached hydrogens (tertiary/aromatic N) is 1. The van der Waals surface area contributed by atoms with Gasteiger partial charge in [0.2, 0.25) is 0 Å². The number of thiophene rings is 1. The highest BCUT2D eigenvalue weighted by atomic mass is 32.1. The minimum Gasteiger partial charge on any atom is -0.476 e. The highest BCUT2D eigenvalue weighted by Gasteiger charge is 2.30. The van der Waals surface area contributed by atoms with E-state index in [1.807, 2.05) is 0 Å². The number of aryl methyl sites for hydroxylation is 1. The number of carbonyl (C=O) groups is 1. The molecule has 0 saturated heterocycles. The largest absolute Gasteiger partial charge is 0.476 e. The Morgan fingerprint density at radius 3 is 3.06 bits per heavy atom. The number of nitrogens with one attached hydrogen (secondary N) is 1. The van der Waals surface area contributed by atoms with Gasteiger partial charge in [-0.2, -0.15) is 5.10 Å². The van der Waals surface area contributed by atoms with Crippen LogP contribution in [0.15, 0.2) is 11.4 Å². The molecule has 2 N–H and O–H groups in total. The summed E-state index contributed by atoms with van der Waals surface area (Å²) in [5.74, 6) is -0.526. The van der Waals surface area contributed by atoms with Crippen LogP contribution in [0.2, 0.25) is 0 Å². The summed E-state index contributed by atoms with van der Waals surface area (Å²) in [6.07, 6.45) is 1.66. The second-order valence-electron chi connectivity index (χ2n) is 4.47. The molecule has 17 heavy (non-hydrogen) atoms.